The largest absolute Gasteiger partial charge is 0.507 e. The van der Waals surface area contributed by atoms with Crippen molar-refractivity contribution in [3.8, 4) is 17.2 Å². The summed E-state index contributed by atoms with van der Waals surface area (Å²) in [4.78, 5) is 32.0. The number of methoxy groups -OCH3 is 2. The lowest BCUT2D eigenvalue weighted by atomic mass is 9.94. The maximum atomic E-state index is 13.3. The van der Waals surface area contributed by atoms with Gasteiger partial charge in [-0.25, -0.2) is 0 Å². The highest BCUT2D eigenvalue weighted by molar-refractivity contribution is 6.46. The average Bonchev–Trinajstić information content (AvgIpc) is 3.13. The Morgan fingerprint density at radius 3 is 2.51 bits per heavy atom. The number of benzene rings is 2. The van der Waals surface area contributed by atoms with Gasteiger partial charge in [-0.1, -0.05) is 24.3 Å². The van der Waals surface area contributed by atoms with Crippen molar-refractivity contribution < 1.29 is 28.9 Å². The molecule has 0 radical (unpaired) electrons. The highest BCUT2D eigenvalue weighted by Crippen LogP contribution is 2.42. The fourth-order valence-corrected chi connectivity index (χ4v) is 4.16. The summed E-state index contributed by atoms with van der Waals surface area (Å²) >= 11 is 0. The van der Waals surface area contributed by atoms with E-state index in [2.05, 4.69) is 4.98 Å². The average molecular weight is 475 g/mol. The van der Waals surface area contributed by atoms with Crippen LogP contribution in [0.3, 0.4) is 0 Å². The smallest absolute Gasteiger partial charge is 0.295 e. The third-order valence-corrected chi connectivity index (χ3v) is 5.76. The van der Waals surface area contributed by atoms with Crippen molar-refractivity contribution >= 4 is 17.4 Å². The van der Waals surface area contributed by atoms with Gasteiger partial charge in [0.1, 0.15) is 11.5 Å². The predicted molar refractivity (Wildman–Crippen MR) is 129 cm³/mol. The lowest BCUT2D eigenvalue weighted by Crippen LogP contribution is -2.29. The summed E-state index contributed by atoms with van der Waals surface area (Å²) < 4.78 is 16.3. The number of carbonyl (C=O) groups is 2. The van der Waals surface area contributed by atoms with Crippen molar-refractivity contribution in [1.29, 1.82) is 0 Å². The van der Waals surface area contributed by atoms with Crippen molar-refractivity contribution in [2.45, 2.75) is 19.5 Å². The zero-order valence-electron chi connectivity index (χ0n) is 19.7. The summed E-state index contributed by atoms with van der Waals surface area (Å²) in [6, 6.07) is 14.7. The van der Waals surface area contributed by atoms with Crippen LogP contribution in [0.2, 0.25) is 0 Å². The lowest BCUT2D eigenvalue weighted by molar-refractivity contribution is -0.140. The van der Waals surface area contributed by atoms with E-state index in [0.717, 1.165) is 5.56 Å². The summed E-state index contributed by atoms with van der Waals surface area (Å²) in [6.07, 6.45) is 3.27. The molecule has 8 heteroatoms. The molecule has 0 saturated carbocycles. The molecule has 2 aromatic carbocycles. The van der Waals surface area contributed by atoms with Gasteiger partial charge in [0.15, 0.2) is 11.5 Å². The van der Waals surface area contributed by atoms with Gasteiger partial charge in [-0.2, -0.15) is 0 Å². The molecule has 3 aromatic rings. The van der Waals surface area contributed by atoms with Crippen LogP contribution < -0.4 is 14.2 Å². The molecule has 1 unspecified atom stereocenters. The molecule has 1 amide bonds. The summed E-state index contributed by atoms with van der Waals surface area (Å²) in [5, 5.41) is 11.3. The van der Waals surface area contributed by atoms with E-state index in [0.29, 0.717) is 35.0 Å². The molecule has 1 atom stereocenters. The number of hydrogen-bond donors (Lipinski definition) is 1. The molecule has 0 aliphatic carbocycles. The first kappa shape index (κ1) is 23.8. The number of ether oxygens (including phenoxy) is 3. The maximum Gasteiger partial charge on any atom is 0.295 e. The van der Waals surface area contributed by atoms with Gasteiger partial charge < -0.3 is 24.2 Å². The lowest BCUT2D eigenvalue weighted by Gasteiger charge is -2.26. The predicted octanol–water partition coefficient (Wildman–Crippen LogP) is 4.12. The second-order valence-corrected chi connectivity index (χ2v) is 7.86. The number of nitrogens with zero attached hydrogens (tertiary/aromatic N) is 2. The molecule has 1 aliphatic heterocycles. The molecule has 0 spiro atoms. The van der Waals surface area contributed by atoms with Crippen molar-refractivity contribution in [3.05, 3.63) is 89.3 Å². The minimum absolute atomic E-state index is 0.0141. The number of aromatic nitrogens is 1. The fourth-order valence-electron chi connectivity index (χ4n) is 4.16. The second-order valence-electron chi connectivity index (χ2n) is 7.86. The van der Waals surface area contributed by atoms with Crippen molar-refractivity contribution in [1.82, 2.24) is 9.88 Å². The Hall–Kier alpha value is -4.33. The minimum atomic E-state index is -0.856. The number of amides is 1. The van der Waals surface area contributed by atoms with Crippen LogP contribution in [0.1, 0.15) is 29.7 Å². The van der Waals surface area contributed by atoms with Gasteiger partial charge in [0.05, 0.1) is 32.4 Å². The van der Waals surface area contributed by atoms with Gasteiger partial charge in [0, 0.05) is 24.5 Å². The van der Waals surface area contributed by atoms with Gasteiger partial charge in [0.25, 0.3) is 11.7 Å². The van der Waals surface area contributed by atoms with E-state index in [4.69, 9.17) is 14.2 Å². The zero-order chi connectivity index (χ0) is 24.9. The van der Waals surface area contributed by atoms with Crippen LogP contribution in [0, 0.1) is 0 Å². The van der Waals surface area contributed by atoms with E-state index in [1.807, 2.05) is 13.0 Å². The van der Waals surface area contributed by atoms with E-state index >= 15 is 0 Å². The number of carbonyl (C=O) groups excluding carboxylic acids is 2. The van der Waals surface area contributed by atoms with Gasteiger partial charge in [-0.3, -0.25) is 14.6 Å². The number of rotatable bonds is 8. The van der Waals surface area contributed by atoms with Crippen LogP contribution in [0.25, 0.3) is 5.76 Å². The van der Waals surface area contributed by atoms with Crippen LogP contribution in [-0.2, 0) is 16.1 Å². The van der Waals surface area contributed by atoms with E-state index in [-0.39, 0.29) is 17.9 Å². The molecule has 4 rings (SSSR count). The monoisotopic (exact) mass is 474 g/mol. The molecule has 180 valence electrons. The van der Waals surface area contributed by atoms with E-state index in [1.165, 1.54) is 19.1 Å². The number of aliphatic hydroxyl groups is 1. The first-order chi connectivity index (χ1) is 17.0. The van der Waals surface area contributed by atoms with E-state index in [1.54, 1.807) is 60.9 Å². The Balaban J connectivity index is 1.88. The second kappa shape index (κ2) is 10.3. The van der Waals surface area contributed by atoms with Crippen LogP contribution in [-0.4, -0.2) is 47.5 Å². The Morgan fingerprint density at radius 1 is 1.03 bits per heavy atom. The SMILES string of the molecule is CCOc1cccc(C(O)=C2C(=O)C(=O)N(Cc3cccnc3)C2c2ccc(OC)c(OC)c2)c1. The Morgan fingerprint density at radius 2 is 1.83 bits per heavy atom. The zero-order valence-corrected chi connectivity index (χ0v) is 19.7. The molecule has 1 aromatic heterocycles. The number of pyridine rings is 1. The highest BCUT2D eigenvalue weighted by Gasteiger charge is 2.46. The number of hydrogen-bond acceptors (Lipinski definition) is 7. The quantitative estimate of drug-likeness (QED) is 0.298. The molecule has 1 fully saturated rings. The molecule has 1 aliphatic rings. The molecule has 2 heterocycles. The van der Waals surface area contributed by atoms with E-state index in [9.17, 15) is 14.7 Å². The summed E-state index contributed by atoms with van der Waals surface area (Å²) in [6.45, 7) is 2.44. The number of likely N-dealkylation sites (tertiary alicyclic amines) is 1. The van der Waals surface area contributed by atoms with Gasteiger partial charge >= 0.3 is 0 Å². The van der Waals surface area contributed by atoms with Crippen LogP contribution in [0.15, 0.2) is 72.6 Å². The first-order valence-corrected chi connectivity index (χ1v) is 11.1. The Bertz CT molecular complexity index is 1270. The van der Waals surface area contributed by atoms with E-state index < -0.39 is 17.7 Å². The molecule has 1 saturated heterocycles. The third kappa shape index (κ3) is 4.68. The van der Waals surface area contributed by atoms with Gasteiger partial charge in [-0.15, -0.1) is 0 Å². The molecule has 8 nitrogen and oxygen atoms in total. The van der Waals surface area contributed by atoms with Crippen LogP contribution >= 0.6 is 0 Å². The fraction of sp³-hybridized carbons (Fsp3) is 0.222. The first-order valence-electron chi connectivity index (χ1n) is 11.1. The normalized spacial score (nSPS) is 16.9. The van der Waals surface area contributed by atoms with Crippen LogP contribution in [0.4, 0.5) is 0 Å². The molecule has 1 N–H and O–H groups in total. The number of aliphatic hydroxyl groups excluding tert-OH is 1. The molecular weight excluding hydrogens is 448 g/mol. The van der Waals surface area contributed by atoms with Gasteiger partial charge in [-0.05, 0) is 48.4 Å². The highest BCUT2D eigenvalue weighted by atomic mass is 16.5. The van der Waals surface area contributed by atoms with Crippen molar-refractivity contribution in [2.75, 3.05) is 20.8 Å². The molecule has 0 bridgehead atoms. The summed E-state index contributed by atoms with van der Waals surface area (Å²) in [5.41, 5.74) is 1.70. The Labute approximate surface area is 203 Å². The van der Waals surface area contributed by atoms with Crippen LogP contribution in [0.5, 0.6) is 17.2 Å². The summed E-state index contributed by atoms with van der Waals surface area (Å²) in [5.74, 6) is -0.272. The number of Topliss-reactive ketones (excluding diaryl/α,β-unsaturated/α-hetero) is 1. The number of ketones is 1. The molecule has 35 heavy (non-hydrogen) atoms. The summed E-state index contributed by atoms with van der Waals surface area (Å²) in [7, 11) is 3.03. The minimum Gasteiger partial charge on any atom is -0.507 e. The third-order valence-electron chi connectivity index (χ3n) is 5.76. The molecular formula is C27H26N2O6. The maximum absolute atomic E-state index is 13.3. The van der Waals surface area contributed by atoms with Crippen molar-refractivity contribution in [2.24, 2.45) is 0 Å². The topological polar surface area (TPSA) is 98.2 Å². The van der Waals surface area contributed by atoms with Crippen molar-refractivity contribution in [3.63, 3.8) is 0 Å². The van der Waals surface area contributed by atoms with Gasteiger partial charge in [0.2, 0.25) is 0 Å². The standard InChI is InChI=1S/C27H26N2O6/c1-4-35-20-9-5-8-19(13-20)25(30)23-24(18-10-11-21(33-2)22(14-18)34-3)29(27(32)26(23)31)16-17-7-6-12-28-15-17/h5-15,24,30H,4,16H2,1-3H3. The Kier molecular flexibility index (Phi) is 7.01.